The Morgan fingerprint density at radius 3 is 2.82 bits per heavy atom. The van der Waals surface area contributed by atoms with Crippen LogP contribution < -0.4 is 10.9 Å². The van der Waals surface area contributed by atoms with Gasteiger partial charge in [-0.3, -0.25) is 14.3 Å². The number of amides is 1. The van der Waals surface area contributed by atoms with Gasteiger partial charge in [-0.25, -0.2) is 9.97 Å². The molecule has 3 aromatic rings. The molecule has 0 radical (unpaired) electrons. The number of hydrogen-bond acceptors (Lipinski definition) is 4. The van der Waals surface area contributed by atoms with Crippen LogP contribution >= 0.6 is 11.6 Å². The van der Waals surface area contributed by atoms with Crippen LogP contribution in [0.4, 0.5) is 5.82 Å². The zero-order valence-electron chi connectivity index (χ0n) is 11.7. The van der Waals surface area contributed by atoms with Crippen LogP contribution in [-0.4, -0.2) is 25.1 Å². The summed E-state index contributed by atoms with van der Waals surface area (Å²) in [5.74, 6) is 0.00388. The molecule has 0 aliphatic heterocycles. The van der Waals surface area contributed by atoms with Crippen LogP contribution in [0.3, 0.4) is 0 Å². The highest BCUT2D eigenvalue weighted by molar-refractivity contribution is 6.30. The molecule has 0 saturated carbocycles. The number of rotatable bonds is 3. The summed E-state index contributed by atoms with van der Waals surface area (Å²) < 4.78 is 2.93. The topological polar surface area (TPSA) is 81.3 Å². The third-order valence-electron chi connectivity index (χ3n) is 3.14. The number of halogens is 1. The second-order valence-electron chi connectivity index (χ2n) is 4.51. The molecule has 0 aliphatic rings. The lowest BCUT2D eigenvalue weighted by molar-refractivity contribution is 0.101. The maximum absolute atomic E-state index is 12.4. The van der Waals surface area contributed by atoms with Crippen LogP contribution in [0.1, 0.15) is 17.4 Å². The van der Waals surface area contributed by atoms with Crippen LogP contribution in [0.5, 0.6) is 0 Å². The van der Waals surface area contributed by atoms with E-state index >= 15 is 0 Å². The van der Waals surface area contributed by atoms with Gasteiger partial charge in [0.25, 0.3) is 11.5 Å². The van der Waals surface area contributed by atoms with E-state index in [-0.39, 0.29) is 11.5 Å². The van der Waals surface area contributed by atoms with Crippen molar-refractivity contribution in [1.29, 1.82) is 0 Å². The van der Waals surface area contributed by atoms with Gasteiger partial charge in [0.15, 0.2) is 5.65 Å². The number of aryl methyl sites for hydroxylation is 1. The summed E-state index contributed by atoms with van der Waals surface area (Å²) in [6, 6.07) is 6.15. The molecular weight excluding hydrogens is 306 g/mol. The van der Waals surface area contributed by atoms with E-state index in [1.807, 2.05) is 6.92 Å². The van der Waals surface area contributed by atoms with Crippen LogP contribution in [-0.2, 0) is 6.54 Å². The number of pyridine rings is 1. The molecule has 0 bridgehead atoms. The first-order valence-electron chi connectivity index (χ1n) is 6.60. The molecule has 3 rings (SSSR count). The SMILES string of the molecule is CCn1c(C(=O)Nc2ccc(Cl)cn2)cc2nccc(=O)n21. The summed E-state index contributed by atoms with van der Waals surface area (Å²) in [6.45, 7) is 2.29. The van der Waals surface area contributed by atoms with Gasteiger partial charge in [-0.2, -0.15) is 4.52 Å². The largest absolute Gasteiger partial charge is 0.305 e. The second-order valence-corrected chi connectivity index (χ2v) is 4.95. The fraction of sp³-hybridized carbons (Fsp3) is 0.143. The molecule has 3 heterocycles. The maximum Gasteiger partial charge on any atom is 0.275 e. The van der Waals surface area contributed by atoms with E-state index in [1.54, 1.807) is 22.9 Å². The minimum absolute atomic E-state index is 0.240. The third-order valence-corrected chi connectivity index (χ3v) is 3.36. The Kier molecular flexibility index (Phi) is 3.64. The van der Waals surface area contributed by atoms with Crippen molar-refractivity contribution in [2.45, 2.75) is 13.5 Å². The van der Waals surface area contributed by atoms with Crippen molar-refractivity contribution in [2.75, 3.05) is 5.32 Å². The highest BCUT2D eigenvalue weighted by Gasteiger charge is 2.16. The standard InChI is InChI=1S/C14H12ClN5O2/c1-2-19-10(7-12-16-6-5-13(21)20(12)19)14(22)18-11-4-3-9(15)8-17-11/h3-8H,2H2,1H3,(H,17,18,22). The lowest BCUT2D eigenvalue weighted by Gasteiger charge is -2.08. The van der Waals surface area contributed by atoms with Crippen molar-refractivity contribution in [3.63, 3.8) is 0 Å². The zero-order valence-corrected chi connectivity index (χ0v) is 12.4. The first-order chi connectivity index (χ1) is 10.6. The molecule has 0 spiro atoms. The van der Waals surface area contributed by atoms with E-state index in [0.717, 1.165) is 0 Å². The van der Waals surface area contributed by atoms with E-state index in [0.29, 0.717) is 28.7 Å². The minimum atomic E-state index is -0.374. The number of nitrogens with one attached hydrogen (secondary N) is 1. The first kappa shape index (κ1) is 14.3. The summed E-state index contributed by atoms with van der Waals surface area (Å²) in [6.07, 6.45) is 2.86. The Labute approximate surface area is 130 Å². The summed E-state index contributed by atoms with van der Waals surface area (Å²) in [5.41, 5.74) is 0.508. The van der Waals surface area contributed by atoms with Crippen molar-refractivity contribution in [3.8, 4) is 0 Å². The van der Waals surface area contributed by atoms with Gasteiger partial charge >= 0.3 is 0 Å². The van der Waals surface area contributed by atoms with Crippen molar-refractivity contribution in [2.24, 2.45) is 0 Å². The fourth-order valence-corrected chi connectivity index (χ4v) is 2.30. The molecule has 0 aromatic carbocycles. The highest BCUT2D eigenvalue weighted by Crippen LogP contribution is 2.12. The smallest absolute Gasteiger partial charge is 0.275 e. The normalized spacial score (nSPS) is 10.8. The number of nitrogens with zero attached hydrogens (tertiary/aromatic N) is 4. The van der Waals surface area contributed by atoms with E-state index < -0.39 is 0 Å². The molecule has 0 saturated heterocycles. The molecular formula is C14H12ClN5O2. The average Bonchev–Trinajstić information content (AvgIpc) is 2.89. The molecule has 3 aromatic heterocycles. The van der Waals surface area contributed by atoms with E-state index in [1.165, 1.54) is 23.0 Å². The predicted molar refractivity (Wildman–Crippen MR) is 82.3 cm³/mol. The number of aromatic nitrogens is 4. The van der Waals surface area contributed by atoms with Crippen LogP contribution in [0.25, 0.3) is 5.65 Å². The van der Waals surface area contributed by atoms with Gasteiger partial charge in [0.1, 0.15) is 11.5 Å². The summed E-state index contributed by atoms with van der Waals surface area (Å²) in [4.78, 5) is 32.5. The van der Waals surface area contributed by atoms with Gasteiger partial charge in [0.05, 0.1) is 5.02 Å². The molecule has 7 nitrogen and oxygen atoms in total. The van der Waals surface area contributed by atoms with E-state index in [4.69, 9.17) is 11.6 Å². The lowest BCUT2D eigenvalue weighted by atomic mass is 10.3. The monoisotopic (exact) mass is 317 g/mol. The lowest BCUT2D eigenvalue weighted by Crippen LogP contribution is -2.24. The second kappa shape index (κ2) is 5.61. The number of carbonyl (C=O) groups is 1. The molecule has 0 unspecified atom stereocenters. The van der Waals surface area contributed by atoms with Crippen molar-refractivity contribution >= 4 is 29.0 Å². The Hall–Kier alpha value is -2.67. The van der Waals surface area contributed by atoms with Crippen molar-refractivity contribution in [3.05, 3.63) is 57.7 Å². The Bertz CT molecular complexity index is 898. The Morgan fingerprint density at radius 1 is 1.32 bits per heavy atom. The van der Waals surface area contributed by atoms with Gasteiger partial charge < -0.3 is 5.32 Å². The summed E-state index contributed by atoms with van der Waals surface area (Å²) in [7, 11) is 0. The first-order valence-corrected chi connectivity index (χ1v) is 6.98. The Balaban J connectivity index is 2.02. The van der Waals surface area contributed by atoms with Crippen molar-refractivity contribution < 1.29 is 4.79 Å². The van der Waals surface area contributed by atoms with E-state index in [9.17, 15) is 9.59 Å². The van der Waals surface area contributed by atoms with Gasteiger partial charge in [-0.15, -0.1) is 0 Å². The zero-order chi connectivity index (χ0) is 15.7. The summed E-state index contributed by atoms with van der Waals surface area (Å²) in [5, 5.41) is 3.15. The molecule has 0 atom stereocenters. The molecule has 22 heavy (non-hydrogen) atoms. The molecule has 1 N–H and O–H groups in total. The number of carbonyl (C=O) groups excluding carboxylic acids is 1. The predicted octanol–water partition coefficient (Wildman–Crippen LogP) is 1.82. The Morgan fingerprint density at radius 2 is 2.14 bits per heavy atom. The van der Waals surface area contributed by atoms with E-state index in [2.05, 4.69) is 15.3 Å². The molecule has 0 fully saturated rings. The van der Waals surface area contributed by atoms with Gasteiger partial charge in [0, 0.05) is 31.1 Å². The summed E-state index contributed by atoms with van der Waals surface area (Å²) >= 11 is 5.76. The highest BCUT2D eigenvalue weighted by atomic mass is 35.5. The molecule has 1 amide bonds. The average molecular weight is 318 g/mol. The van der Waals surface area contributed by atoms with Crippen molar-refractivity contribution in [1.82, 2.24) is 19.2 Å². The molecule has 8 heteroatoms. The number of hydrogen-bond donors (Lipinski definition) is 1. The van der Waals surface area contributed by atoms with Gasteiger partial charge in [-0.1, -0.05) is 11.6 Å². The molecule has 112 valence electrons. The van der Waals surface area contributed by atoms with Crippen LogP contribution in [0.2, 0.25) is 5.02 Å². The minimum Gasteiger partial charge on any atom is -0.305 e. The number of anilines is 1. The third kappa shape index (κ3) is 2.46. The fourth-order valence-electron chi connectivity index (χ4n) is 2.19. The number of fused-ring (bicyclic) bond motifs is 1. The maximum atomic E-state index is 12.4. The quantitative estimate of drug-likeness (QED) is 0.799. The van der Waals surface area contributed by atoms with Crippen LogP contribution in [0, 0.1) is 0 Å². The molecule has 0 aliphatic carbocycles. The van der Waals surface area contributed by atoms with Gasteiger partial charge in [0.2, 0.25) is 0 Å². The van der Waals surface area contributed by atoms with Crippen LogP contribution in [0.15, 0.2) is 41.5 Å². The van der Waals surface area contributed by atoms with Gasteiger partial charge in [-0.05, 0) is 19.1 Å².